The molecule has 1 heterocycles. The summed E-state index contributed by atoms with van der Waals surface area (Å²) in [6, 6.07) is 12.6. The summed E-state index contributed by atoms with van der Waals surface area (Å²) in [6.45, 7) is 1.82. The van der Waals surface area contributed by atoms with Crippen molar-refractivity contribution in [1.82, 2.24) is 10.3 Å². The number of urea groups is 1. The summed E-state index contributed by atoms with van der Waals surface area (Å²) < 4.78 is 18.6. The molecule has 0 saturated carbocycles. The number of nitrogens with one attached hydrogen (secondary N) is 1. The molecule has 1 aliphatic heterocycles. The van der Waals surface area contributed by atoms with Crippen molar-refractivity contribution in [3.63, 3.8) is 0 Å². The minimum Gasteiger partial charge on any atom is -0.494 e. The predicted molar refractivity (Wildman–Crippen MR) is 94.3 cm³/mol. The van der Waals surface area contributed by atoms with E-state index in [1.54, 1.807) is 30.3 Å². The Morgan fingerprint density at radius 2 is 1.96 bits per heavy atom. The molecule has 0 unspecified atom stereocenters. The van der Waals surface area contributed by atoms with Gasteiger partial charge in [-0.05, 0) is 35.7 Å². The highest BCUT2D eigenvalue weighted by Gasteiger charge is 2.51. The van der Waals surface area contributed by atoms with E-state index in [0.29, 0.717) is 17.5 Å². The molecular weight excluding hydrogens is 337 g/mol. The minimum atomic E-state index is -1.15. The molecule has 2 aromatic carbocycles. The molecule has 0 bridgehead atoms. The van der Waals surface area contributed by atoms with E-state index in [1.165, 1.54) is 25.5 Å². The number of imide groups is 1. The number of ether oxygens (including phenoxy) is 1. The standard InChI is InChI=1S/C19H18FN3O3/c1-3-19(14-7-5-4-6-8-14)17(24)23(18(25)22-19)21-12-13-9-10-16(26-2)15(20)11-13/h4-12H,3H2,1-2H3,(H,22,25)/b21-12-/t19-/m1/s1. The van der Waals surface area contributed by atoms with E-state index in [0.717, 1.165) is 5.01 Å². The smallest absolute Gasteiger partial charge is 0.346 e. The number of hydrazone groups is 1. The average molecular weight is 355 g/mol. The molecule has 1 fully saturated rings. The van der Waals surface area contributed by atoms with Crippen LogP contribution in [0.4, 0.5) is 9.18 Å². The summed E-state index contributed by atoms with van der Waals surface area (Å²) >= 11 is 0. The van der Waals surface area contributed by atoms with E-state index >= 15 is 0 Å². The molecule has 6 nitrogen and oxygen atoms in total. The number of amides is 3. The van der Waals surface area contributed by atoms with Crippen LogP contribution in [0.25, 0.3) is 0 Å². The molecule has 1 N–H and O–H groups in total. The number of halogens is 1. The molecule has 1 atom stereocenters. The van der Waals surface area contributed by atoms with Gasteiger partial charge in [0.15, 0.2) is 11.6 Å². The van der Waals surface area contributed by atoms with Gasteiger partial charge in [-0.1, -0.05) is 37.3 Å². The van der Waals surface area contributed by atoms with Crippen molar-refractivity contribution >= 4 is 18.2 Å². The van der Waals surface area contributed by atoms with Crippen molar-refractivity contribution in [2.24, 2.45) is 5.10 Å². The highest BCUT2D eigenvalue weighted by Crippen LogP contribution is 2.32. The van der Waals surface area contributed by atoms with Crippen LogP contribution in [-0.4, -0.2) is 30.3 Å². The third kappa shape index (κ3) is 2.92. The van der Waals surface area contributed by atoms with Crippen LogP contribution in [0.1, 0.15) is 24.5 Å². The zero-order valence-electron chi connectivity index (χ0n) is 14.4. The zero-order valence-corrected chi connectivity index (χ0v) is 14.4. The van der Waals surface area contributed by atoms with E-state index in [9.17, 15) is 14.0 Å². The second-order valence-electron chi connectivity index (χ2n) is 5.81. The number of methoxy groups -OCH3 is 1. The van der Waals surface area contributed by atoms with E-state index in [4.69, 9.17) is 4.74 Å². The van der Waals surface area contributed by atoms with Crippen LogP contribution in [0.15, 0.2) is 53.6 Å². The molecular formula is C19H18FN3O3. The van der Waals surface area contributed by atoms with Gasteiger partial charge in [0, 0.05) is 0 Å². The summed E-state index contributed by atoms with van der Waals surface area (Å²) in [5.74, 6) is -0.923. The normalized spacial score (nSPS) is 19.9. The first-order valence-electron chi connectivity index (χ1n) is 8.11. The summed E-state index contributed by atoms with van der Waals surface area (Å²) in [5.41, 5.74) is -0.0625. The SMILES string of the molecule is CC[C@]1(c2ccccc2)NC(=O)N(/N=C\c2ccc(OC)c(F)c2)C1=O. The molecule has 0 spiro atoms. The van der Waals surface area contributed by atoms with Gasteiger partial charge in [-0.3, -0.25) is 4.79 Å². The number of carbonyl (C=O) groups excluding carboxylic acids is 2. The van der Waals surface area contributed by atoms with Gasteiger partial charge in [0.25, 0.3) is 5.91 Å². The lowest BCUT2D eigenvalue weighted by Crippen LogP contribution is -2.43. The summed E-state index contributed by atoms with van der Waals surface area (Å²) in [5, 5.41) is 7.47. The van der Waals surface area contributed by atoms with Crippen molar-refractivity contribution in [2.45, 2.75) is 18.9 Å². The Kier molecular flexibility index (Phi) is 4.71. The maximum Gasteiger partial charge on any atom is 0.346 e. The molecule has 1 saturated heterocycles. The fourth-order valence-corrected chi connectivity index (χ4v) is 2.92. The fraction of sp³-hybridized carbons (Fsp3) is 0.211. The first-order chi connectivity index (χ1) is 12.5. The number of hydrogen-bond donors (Lipinski definition) is 1. The van der Waals surface area contributed by atoms with Gasteiger partial charge in [-0.15, -0.1) is 5.01 Å². The number of rotatable bonds is 5. The molecule has 3 rings (SSSR count). The van der Waals surface area contributed by atoms with Gasteiger partial charge in [-0.25, -0.2) is 9.18 Å². The summed E-state index contributed by atoms with van der Waals surface area (Å²) in [7, 11) is 1.37. The van der Waals surface area contributed by atoms with E-state index < -0.39 is 23.3 Å². The van der Waals surface area contributed by atoms with Crippen LogP contribution in [0.2, 0.25) is 0 Å². The molecule has 0 radical (unpaired) electrons. The fourth-order valence-electron chi connectivity index (χ4n) is 2.92. The van der Waals surface area contributed by atoms with Gasteiger partial charge >= 0.3 is 6.03 Å². The second kappa shape index (κ2) is 6.95. The highest BCUT2D eigenvalue weighted by atomic mass is 19.1. The third-order valence-corrected chi connectivity index (χ3v) is 4.37. The Balaban J connectivity index is 1.88. The van der Waals surface area contributed by atoms with Gasteiger partial charge in [-0.2, -0.15) is 5.10 Å². The Morgan fingerprint density at radius 1 is 1.23 bits per heavy atom. The molecule has 3 amide bonds. The first kappa shape index (κ1) is 17.6. The lowest BCUT2D eigenvalue weighted by Gasteiger charge is -2.24. The predicted octanol–water partition coefficient (Wildman–Crippen LogP) is 3.03. The number of hydrogen-bond acceptors (Lipinski definition) is 4. The maximum absolute atomic E-state index is 13.8. The van der Waals surface area contributed by atoms with Crippen LogP contribution < -0.4 is 10.1 Å². The Hall–Kier alpha value is -3.22. The second-order valence-corrected chi connectivity index (χ2v) is 5.81. The van der Waals surface area contributed by atoms with Crippen molar-refractivity contribution in [3.8, 4) is 5.75 Å². The topological polar surface area (TPSA) is 71.0 Å². The van der Waals surface area contributed by atoms with Gasteiger partial charge < -0.3 is 10.1 Å². The van der Waals surface area contributed by atoms with Crippen LogP contribution in [0.5, 0.6) is 5.75 Å². The van der Waals surface area contributed by atoms with Gasteiger partial charge in [0.05, 0.1) is 13.3 Å². The third-order valence-electron chi connectivity index (χ3n) is 4.37. The molecule has 26 heavy (non-hydrogen) atoms. The largest absolute Gasteiger partial charge is 0.494 e. The number of nitrogens with zero attached hydrogens (tertiary/aromatic N) is 2. The molecule has 0 aromatic heterocycles. The van der Waals surface area contributed by atoms with Crippen LogP contribution in [0, 0.1) is 5.82 Å². The molecule has 134 valence electrons. The quantitative estimate of drug-likeness (QED) is 0.662. The van der Waals surface area contributed by atoms with E-state index in [2.05, 4.69) is 10.4 Å². The number of benzene rings is 2. The van der Waals surface area contributed by atoms with E-state index in [1.807, 2.05) is 13.0 Å². The lowest BCUT2D eigenvalue weighted by atomic mass is 9.87. The highest BCUT2D eigenvalue weighted by molar-refractivity contribution is 6.07. The minimum absolute atomic E-state index is 0.103. The van der Waals surface area contributed by atoms with Crippen molar-refractivity contribution < 1.29 is 18.7 Å². The zero-order chi connectivity index (χ0) is 18.7. The molecule has 1 aliphatic rings. The van der Waals surface area contributed by atoms with Crippen LogP contribution in [0.3, 0.4) is 0 Å². The van der Waals surface area contributed by atoms with Crippen LogP contribution >= 0.6 is 0 Å². The summed E-state index contributed by atoms with van der Waals surface area (Å²) in [4.78, 5) is 25.2. The summed E-state index contributed by atoms with van der Waals surface area (Å²) in [6.07, 6.45) is 1.64. The molecule has 7 heteroatoms. The first-order valence-corrected chi connectivity index (χ1v) is 8.11. The average Bonchev–Trinajstić information content (AvgIpc) is 2.91. The maximum atomic E-state index is 13.8. The Morgan fingerprint density at radius 3 is 2.58 bits per heavy atom. The molecule has 2 aromatic rings. The Bertz CT molecular complexity index is 870. The number of carbonyl (C=O) groups is 2. The van der Waals surface area contributed by atoms with Crippen molar-refractivity contribution in [1.29, 1.82) is 0 Å². The Labute approximate surface area is 150 Å². The van der Waals surface area contributed by atoms with Gasteiger partial charge in [0.1, 0.15) is 5.54 Å². The van der Waals surface area contributed by atoms with Crippen molar-refractivity contribution in [2.75, 3.05) is 7.11 Å². The van der Waals surface area contributed by atoms with Crippen LogP contribution in [-0.2, 0) is 10.3 Å². The lowest BCUT2D eigenvalue weighted by molar-refractivity contribution is -0.131. The molecule has 0 aliphatic carbocycles. The van der Waals surface area contributed by atoms with E-state index in [-0.39, 0.29) is 5.75 Å². The van der Waals surface area contributed by atoms with Gasteiger partial charge in [0.2, 0.25) is 0 Å². The van der Waals surface area contributed by atoms with Crippen molar-refractivity contribution in [3.05, 3.63) is 65.5 Å². The monoisotopic (exact) mass is 355 g/mol.